The lowest BCUT2D eigenvalue weighted by molar-refractivity contribution is -0.128. The molecule has 1 aromatic rings. The van der Waals surface area contributed by atoms with Gasteiger partial charge in [-0.3, -0.25) is 4.79 Å². The number of rotatable bonds is 8. The molecular formula is C19H30IN5O2. The van der Waals surface area contributed by atoms with Crippen LogP contribution in [0.15, 0.2) is 23.3 Å². The molecule has 150 valence electrons. The highest BCUT2D eigenvalue weighted by molar-refractivity contribution is 14.0. The van der Waals surface area contributed by atoms with E-state index < -0.39 is 0 Å². The predicted molar refractivity (Wildman–Crippen MR) is 117 cm³/mol. The largest absolute Gasteiger partial charge is 0.477 e. The zero-order valence-electron chi connectivity index (χ0n) is 15.9. The van der Waals surface area contributed by atoms with E-state index in [1.54, 1.807) is 6.20 Å². The third-order valence-corrected chi connectivity index (χ3v) is 4.59. The summed E-state index contributed by atoms with van der Waals surface area (Å²) in [6.07, 6.45) is 6.55. The fourth-order valence-corrected chi connectivity index (χ4v) is 2.83. The number of guanidine groups is 1. The second kappa shape index (κ2) is 11.3. The van der Waals surface area contributed by atoms with Crippen molar-refractivity contribution < 1.29 is 9.53 Å². The van der Waals surface area contributed by atoms with Gasteiger partial charge in [-0.25, -0.2) is 9.98 Å². The molecule has 0 aromatic carbocycles. The Morgan fingerprint density at radius 1 is 1.30 bits per heavy atom. The topological polar surface area (TPSA) is 78.9 Å². The van der Waals surface area contributed by atoms with Crippen LogP contribution in [0.3, 0.4) is 0 Å². The minimum absolute atomic E-state index is 0. The summed E-state index contributed by atoms with van der Waals surface area (Å²) in [7, 11) is 0. The molecule has 0 unspecified atom stereocenters. The first-order chi connectivity index (χ1) is 12.7. The van der Waals surface area contributed by atoms with Gasteiger partial charge in [0.1, 0.15) is 0 Å². The van der Waals surface area contributed by atoms with Gasteiger partial charge in [0.2, 0.25) is 11.8 Å². The van der Waals surface area contributed by atoms with Gasteiger partial charge in [-0.2, -0.15) is 0 Å². The Hall–Kier alpha value is -1.58. The number of hydrogen-bond donors (Lipinski definition) is 2. The van der Waals surface area contributed by atoms with Crippen LogP contribution < -0.4 is 15.4 Å². The Morgan fingerprint density at radius 3 is 2.70 bits per heavy atom. The zero-order valence-corrected chi connectivity index (χ0v) is 18.3. The van der Waals surface area contributed by atoms with Crippen LogP contribution in [0.2, 0.25) is 0 Å². The molecule has 1 amide bonds. The Morgan fingerprint density at radius 2 is 2.07 bits per heavy atom. The number of hydrogen-bond acceptors (Lipinski definition) is 4. The first-order valence-corrected chi connectivity index (χ1v) is 9.62. The van der Waals surface area contributed by atoms with E-state index in [9.17, 15) is 4.79 Å². The maximum atomic E-state index is 12.1. The fourth-order valence-electron chi connectivity index (χ4n) is 2.83. The van der Waals surface area contributed by atoms with Crippen molar-refractivity contribution >= 4 is 35.8 Å². The lowest BCUT2D eigenvalue weighted by Gasteiger charge is -2.17. The maximum Gasteiger partial charge on any atom is 0.241 e. The third-order valence-electron chi connectivity index (χ3n) is 4.59. The monoisotopic (exact) mass is 487 g/mol. The highest BCUT2D eigenvalue weighted by Gasteiger charge is 2.22. The average Bonchev–Trinajstić information content (AvgIpc) is 3.33. The molecule has 2 fully saturated rings. The highest BCUT2D eigenvalue weighted by Crippen LogP contribution is 2.29. The normalized spacial score (nSPS) is 16.6. The Kier molecular flexibility index (Phi) is 9.09. The van der Waals surface area contributed by atoms with Crippen LogP contribution in [0.5, 0.6) is 5.88 Å². The van der Waals surface area contributed by atoms with Gasteiger partial charge < -0.3 is 20.3 Å². The molecule has 1 saturated carbocycles. The minimum atomic E-state index is 0. The first kappa shape index (κ1) is 21.7. The molecule has 1 saturated heterocycles. The molecule has 1 aromatic heterocycles. The molecule has 8 heteroatoms. The number of amides is 1. The van der Waals surface area contributed by atoms with Crippen molar-refractivity contribution in [1.82, 2.24) is 20.5 Å². The number of aliphatic imine (C=N–C) groups is 1. The van der Waals surface area contributed by atoms with Gasteiger partial charge in [-0.15, -0.1) is 24.0 Å². The Balaban J connectivity index is 0.00000261. The number of carbonyl (C=O) groups excluding carboxylic acids is 1. The van der Waals surface area contributed by atoms with E-state index >= 15 is 0 Å². The van der Waals surface area contributed by atoms with Crippen molar-refractivity contribution in [1.29, 1.82) is 0 Å². The highest BCUT2D eigenvalue weighted by atomic mass is 127. The molecule has 2 aliphatic rings. The number of ether oxygens (including phenoxy) is 1. The van der Waals surface area contributed by atoms with E-state index in [-0.39, 0.29) is 36.4 Å². The molecule has 2 N–H and O–H groups in total. The van der Waals surface area contributed by atoms with Crippen LogP contribution in [-0.2, 0) is 11.3 Å². The van der Waals surface area contributed by atoms with Crippen molar-refractivity contribution in [2.45, 2.75) is 39.2 Å². The van der Waals surface area contributed by atoms with Gasteiger partial charge in [0.25, 0.3) is 0 Å². The lowest BCUT2D eigenvalue weighted by atomic mass is 10.3. The van der Waals surface area contributed by atoms with Gasteiger partial charge in [-0.1, -0.05) is 6.07 Å². The van der Waals surface area contributed by atoms with E-state index in [2.05, 4.69) is 20.6 Å². The van der Waals surface area contributed by atoms with Crippen molar-refractivity contribution in [2.75, 3.05) is 32.8 Å². The quantitative estimate of drug-likeness (QED) is 0.334. The second-order valence-corrected chi connectivity index (χ2v) is 6.90. The molecular weight excluding hydrogens is 457 g/mol. The zero-order chi connectivity index (χ0) is 18.2. The van der Waals surface area contributed by atoms with Crippen molar-refractivity contribution in [2.24, 2.45) is 10.9 Å². The lowest BCUT2D eigenvalue weighted by Crippen LogP contribution is -2.44. The number of aromatic nitrogens is 1. The molecule has 0 radical (unpaired) electrons. The molecule has 1 aliphatic heterocycles. The smallest absolute Gasteiger partial charge is 0.241 e. The third kappa shape index (κ3) is 7.51. The van der Waals surface area contributed by atoms with Gasteiger partial charge in [0.15, 0.2) is 5.96 Å². The maximum absolute atomic E-state index is 12.1. The van der Waals surface area contributed by atoms with Gasteiger partial charge in [-0.05, 0) is 44.1 Å². The number of pyridine rings is 1. The summed E-state index contributed by atoms with van der Waals surface area (Å²) in [5.74, 6) is 2.17. The fraction of sp³-hybridized carbons (Fsp3) is 0.632. The number of nitrogens with zero attached hydrogens (tertiary/aromatic N) is 3. The predicted octanol–water partition coefficient (Wildman–Crippen LogP) is 2.17. The summed E-state index contributed by atoms with van der Waals surface area (Å²) in [5.41, 5.74) is 1.01. The molecule has 7 nitrogen and oxygen atoms in total. The molecule has 0 spiro atoms. The van der Waals surface area contributed by atoms with Gasteiger partial charge in [0, 0.05) is 31.9 Å². The van der Waals surface area contributed by atoms with Crippen molar-refractivity contribution in [3.05, 3.63) is 23.9 Å². The van der Waals surface area contributed by atoms with Crippen LogP contribution in [0.4, 0.5) is 0 Å². The molecule has 0 bridgehead atoms. The van der Waals surface area contributed by atoms with E-state index in [4.69, 9.17) is 4.74 Å². The Labute approximate surface area is 178 Å². The number of nitrogens with one attached hydrogen (secondary N) is 2. The molecule has 3 rings (SSSR count). The summed E-state index contributed by atoms with van der Waals surface area (Å²) >= 11 is 0. The van der Waals surface area contributed by atoms with Crippen LogP contribution in [-0.4, -0.2) is 54.5 Å². The molecule has 2 heterocycles. The van der Waals surface area contributed by atoms with Crippen LogP contribution >= 0.6 is 24.0 Å². The molecule has 0 atom stereocenters. The number of halogens is 1. The summed E-state index contributed by atoms with van der Waals surface area (Å²) in [6, 6.07) is 3.88. The Bertz CT molecular complexity index is 613. The van der Waals surface area contributed by atoms with Crippen molar-refractivity contribution in [3.8, 4) is 5.88 Å². The van der Waals surface area contributed by atoms with Crippen LogP contribution in [0, 0.1) is 5.92 Å². The van der Waals surface area contributed by atoms with Gasteiger partial charge >= 0.3 is 0 Å². The summed E-state index contributed by atoms with van der Waals surface area (Å²) in [4.78, 5) is 22.9. The molecule has 1 aliphatic carbocycles. The van der Waals surface area contributed by atoms with Gasteiger partial charge in [0.05, 0.1) is 19.7 Å². The second-order valence-electron chi connectivity index (χ2n) is 6.90. The SMILES string of the molecule is CCNC(=NCc1ccc(OCC2CC2)nc1)NCC(=O)N1CCCC1.I. The number of likely N-dealkylation sites (tertiary alicyclic amines) is 1. The summed E-state index contributed by atoms with van der Waals surface area (Å²) in [6.45, 7) is 6.04. The van der Waals surface area contributed by atoms with Crippen LogP contribution in [0.25, 0.3) is 0 Å². The minimum Gasteiger partial charge on any atom is -0.477 e. The molecule has 27 heavy (non-hydrogen) atoms. The van der Waals surface area contributed by atoms with E-state index in [0.717, 1.165) is 50.6 Å². The average molecular weight is 487 g/mol. The summed E-state index contributed by atoms with van der Waals surface area (Å²) < 4.78 is 5.65. The van der Waals surface area contributed by atoms with Crippen LogP contribution in [0.1, 0.15) is 38.2 Å². The standard InChI is InChI=1S/C19H29N5O2.HI/c1-2-20-19(23-13-18(25)24-9-3-4-10-24)22-12-16-7-8-17(21-11-16)26-14-15-5-6-15;/h7-8,11,15H,2-6,9-10,12-14H2,1H3,(H2,20,22,23);1H. The number of carbonyl (C=O) groups is 1. The summed E-state index contributed by atoms with van der Waals surface area (Å²) in [5, 5.41) is 6.29. The van der Waals surface area contributed by atoms with E-state index in [1.165, 1.54) is 12.8 Å². The van der Waals surface area contributed by atoms with Crippen molar-refractivity contribution in [3.63, 3.8) is 0 Å². The van der Waals surface area contributed by atoms with E-state index in [1.807, 2.05) is 24.0 Å². The first-order valence-electron chi connectivity index (χ1n) is 9.62. The van der Waals surface area contributed by atoms with E-state index in [0.29, 0.717) is 18.4 Å².